The van der Waals surface area contributed by atoms with Gasteiger partial charge in [-0.2, -0.15) is 0 Å². The molecule has 23 heavy (non-hydrogen) atoms. The van der Waals surface area contributed by atoms with Crippen molar-refractivity contribution in [2.24, 2.45) is 4.99 Å². The maximum absolute atomic E-state index is 4.62. The highest BCUT2D eigenvalue weighted by Gasteiger charge is 2.07. The summed E-state index contributed by atoms with van der Waals surface area (Å²) in [5, 5.41) is 11.0. The van der Waals surface area contributed by atoms with Gasteiger partial charge in [0.1, 0.15) is 5.01 Å². The number of aryl methyl sites for hydroxylation is 2. The zero-order valence-electron chi connectivity index (χ0n) is 14.4. The molecule has 0 spiro atoms. The van der Waals surface area contributed by atoms with Crippen molar-refractivity contribution in [3.63, 3.8) is 0 Å². The molecule has 0 unspecified atom stereocenters. The summed E-state index contributed by atoms with van der Waals surface area (Å²) in [5.74, 6) is 1.29. The Hall–Kier alpha value is -1.47. The van der Waals surface area contributed by atoms with Gasteiger partial charge in [0, 0.05) is 30.3 Å². The van der Waals surface area contributed by atoms with Crippen LogP contribution in [-0.4, -0.2) is 29.5 Å². The molecule has 2 heterocycles. The van der Waals surface area contributed by atoms with E-state index in [-0.39, 0.29) is 0 Å². The van der Waals surface area contributed by atoms with E-state index in [1.807, 2.05) is 0 Å². The second kappa shape index (κ2) is 8.40. The Kier molecular flexibility index (Phi) is 6.53. The lowest BCUT2D eigenvalue weighted by atomic mass is 10.2. The van der Waals surface area contributed by atoms with Crippen LogP contribution in [0.4, 0.5) is 0 Å². The van der Waals surface area contributed by atoms with Gasteiger partial charge in [-0.25, -0.2) is 9.97 Å². The highest BCUT2D eigenvalue weighted by atomic mass is 32.1. The molecule has 0 saturated carbocycles. The lowest BCUT2D eigenvalue weighted by Crippen LogP contribution is -2.37. The molecule has 0 atom stereocenters. The van der Waals surface area contributed by atoms with Crippen molar-refractivity contribution in [3.8, 4) is 0 Å². The fourth-order valence-electron chi connectivity index (χ4n) is 2.15. The van der Waals surface area contributed by atoms with Crippen LogP contribution in [0.3, 0.4) is 0 Å². The monoisotopic (exact) mass is 351 g/mol. The van der Waals surface area contributed by atoms with Crippen LogP contribution in [0.15, 0.2) is 10.4 Å². The molecule has 0 aliphatic carbocycles. The van der Waals surface area contributed by atoms with Gasteiger partial charge in [0.2, 0.25) is 0 Å². The summed E-state index contributed by atoms with van der Waals surface area (Å²) in [6, 6.07) is 0. The zero-order valence-corrected chi connectivity index (χ0v) is 16.1. The predicted molar refractivity (Wildman–Crippen MR) is 99.7 cm³/mol. The van der Waals surface area contributed by atoms with E-state index < -0.39 is 0 Å². The zero-order chi connectivity index (χ0) is 16.8. The van der Waals surface area contributed by atoms with E-state index in [0.29, 0.717) is 12.5 Å². The molecule has 5 nitrogen and oxygen atoms in total. The third-order valence-corrected chi connectivity index (χ3v) is 5.44. The Morgan fingerprint density at radius 2 is 2.04 bits per heavy atom. The van der Waals surface area contributed by atoms with Crippen molar-refractivity contribution in [1.82, 2.24) is 20.6 Å². The fourth-order valence-corrected chi connectivity index (χ4v) is 3.98. The first-order chi connectivity index (χ1) is 11.0. The van der Waals surface area contributed by atoms with Crippen LogP contribution >= 0.6 is 22.7 Å². The van der Waals surface area contributed by atoms with Crippen LogP contribution in [0.5, 0.6) is 0 Å². The van der Waals surface area contributed by atoms with Gasteiger partial charge < -0.3 is 10.6 Å². The van der Waals surface area contributed by atoms with E-state index in [1.54, 1.807) is 29.7 Å². The maximum atomic E-state index is 4.62. The summed E-state index contributed by atoms with van der Waals surface area (Å²) in [7, 11) is 1.79. The van der Waals surface area contributed by atoms with Crippen LogP contribution in [0, 0.1) is 13.8 Å². The predicted octanol–water partition coefficient (Wildman–Crippen LogP) is 3.25. The van der Waals surface area contributed by atoms with E-state index in [1.165, 1.54) is 4.88 Å². The second-order valence-electron chi connectivity index (χ2n) is 5.66. The third kappa shape index (κ3) is 5.28. The standard InChI is InChI=1S/C16H25N5S2/c1-10(2)13-9-22-15(21-13)8-19-16(17-5)18-7-6-14-11(3)20-12(4)23-14/h9-10H,6-8H2,1-5H3,(H2,17,18,19). The van der Waals surface area contributed by atoms with Gasteiger partial charge in [0.25, 0.3) is 0 Å². The number of nitrogens with zero attached hydrogens (tertiary/aromatic N) is 3. The van der Waals surface area contributed by atoms with Gasteiger partial charge in [-0.3, -0.25) is 4.99 Å². The van der Waals surface area contributed by atoms with Crippen LogP contribution in [0.1, 0.15) is 46.0 Å². The summed E-state index contributed by atoms with van der Waals surface area (Å²) < 4.78 is 0. The van der Waals surface area contributed by atoms with Gasteiger partial charge >= 0.3 is 0 Å². The molecule has 0 aromatic carbocycles. The summed E-state index contributed by atoms with van der Waals surface area (Å²) in [6.07, 6.45) is 0.965. The molecule has 0 amide bonds. The average molecular weight is 352 g/mol. The first kappa shape index (κ1) is 17.9. The summed E-state index contributed by atoms with van der Waals surface area (Å²) >= 11 is 3.46. The SMILES string of the molecule is CN=C(NCCc1sc(C)nc1C)NCc1nc(C(C)C)cs1. The molecule has 2 aromatic rings. The minimum atomic E-state index is 0.475. The maximum Gasteiger partial charge on any atom is 0.191 e. The molecule has 0 fully saturated rings. The summed E-state index contributed by atoms with van der Waals surface area (Å²) in [5.41, 5.74) is 2.30. The quantitative estimate of drug-likeness (QED) is 0.619. The lowest BCUT2D eigenvalue weighted by Gasteiger charge is -2.10. The molecular weight excluding hydrogens is 326 g/mol. The van der Waals surface area contributed by atoms with Gasteiger partial charge in [0.15, 0.2) is 5.96 Å². The van der Waals surface area contributed by atoms with Crippen LogP contribution < -0.4 is 10.6 Å². The van der Waals surface area contributed by atoms with Crippen molar-refractivity contribution in [3.05, 3.63) is 31.7 Å². The van der Waals surface area contributed by atoms with E-state index in [2.05, 4.69) is 58.7 Å². The van der Waals surface area contributed by atoms with Gasteiger partial charge in [-0.15, -0.1) is 22.7 Å². The number of aromatic nitrogens is 2. The highest BCUT2D eigenvalue weighted by molar-refractivity contribution is 7.11. The molecule has 126 valence electrons. The van der Waals surface area contributed by atoms with Crippen molar-refractivity contribution >= 4 is 28.6 Å². The first-order valence-corrected chi connectivity index (χ1v) is 9.51. The van der Waals surface area contributed by atoms with E-state index in [9.17, 15) is 0 Å². The lowest BCUT2D eigenvalue weighted by molar-refractivity contribution is 0.779. The molecule has 2 aromatic heterocycles. The molecule has 0 saturated heterocycles. The van der Waals surface area contributed by atoms with Gasteiger partial charge in [-0.05, 0) is 19.8 Å². The Labute approximate surface area is 146 Å². The molecular formula is C16H25N5S2. The minimum absolute atomic E-state index is 0.475. The smallest absolute Gasteiger partial charge is 0.191 e. The minimum Gasteiger partial charge on any atom is -0.356 e. The number of thiazole rings is 2. The fraction of sp³-hybridized carbons (Fsp3) is 0.562. The van der Waals surface area contributed by atoms with Crippen LogP contribution in [0.25, 0.3) is 0 Å². The van der Waals surface area contributed by atoms with Gasteiger partial charge in [-0.1, -0.05) is 13.8 Å². The first-order valence-electron chi connectivity index (χ1n) is 7.81. The molecule has 0 aliphatic rings. The second-order valence-corrected chi connectivity index (χ2v) is 7.90. The number of rotatable bonds is 6. The Balaban J connectivity index is 1.78. The number of guanidine groups is 1. The normalized spacial score (nSPS) is 12.0. The van der Waals surface area contributed by atoms with E-state index >= 15 is 0 Å². The number of hydrogen-bond donors (Lipinski definition) is 2. The molecule has 0 aliphatic heterocycles. The van der Waals surface area contributed by atoms with Crippen LogP contribution in [0.2, 0.25) is 0 Å². The highest BCUT2D eigenvalue weighted by Crippen LogP contribution is 2.18. The van der Waals surface area contributed by atoms with E-state index in [4.69, 9.17) is 0 Å². The largest absolute Gasteiger partial charge is 0.356 e. The van der Waals surface area contributed by atoms with Crippen LogP contribution in [-0.2, 0) is 13.0 Å². The van der Waals surface area contributed by atoms with Crippen molar-refractivity contribution in [2.45, 2.75) is 46.6 Å². The Morgan fingerprint density at radius 3 is 2.61 bits per heavy atom. The Morgan fingerprint density at radius 1 is 1.26 bits per heavy atom. The average Bonchev–Trinajstić information content (AvgIpc) is 3.09. The van der Waals surface area contributed by atoms with Crippen molar-refractivity contribution < 1.29 is 0 Å². The Bertz CT molecular complexity index is 657. The topological polar surface area (TPSA) is 62.2 Å². The molecule has 2 N–H and O–H groups in total. The summed E-state index contributed by atoms with van der Waals surface area (Å²) in [6.45, 7) is 9.99. The number of nitrogens with one attached hydrogen (secondary N) is 2. The van der Waals surface area contributed by atoms with Crippen molar-refractivity contribution in [2.75, 3.05) is 13.6 Å². The number of aliphatic imine (C=N–C) groups is 1. The van der Waals surface area contributed by atoms with Crippen molar-refractivity contribution in [1.29, 1.82) is 0 Å². The third-order valence-electron chi connectivity index (χ3n) is 3.44. The molecule has 7 heteroatoms. The number of hydrogen-bond acceptors (Lipinski definition) is 5. The molecule has 0 radical (unpaired) electrons. The summed E-state index contributed by atoms with van der Waals surface area (Å²) in [4.78, 5) is 14.7. The van der Waals surface area contributed by atoms with Gasteiger partial charge in [0.05, 0.1) is 22.9 Å². The molecule has 0 bridgehead atoms. The molecule has 2 rings (SSSR count). The van der Waals surface area contributed by atoms with E-state index in [0.717, 1.165) is 40.3 Å².